The number of hydrogen-bond acceptors (Lipinski definition) is 4. The smallest absolute Gasteiger partial charge is 0.128 e. The number of nitrogens with one attached hydrogen (secondary N) is 1. The summed E-state index contributed by atoms with van der Waals surface area (Å²) < 4.78 is 5.47. The molecule has 1 aliphatic rings. The average Bonchev–Trinajstić information content (AvgIpc) is 2.70. The maximum atomic E-state index is 6.20. The van der Waals surface area contributed by atoms with E-state index in [1.807, 2.05) is 0 Å². The topological polar surface area (TPSA) is 37.4 Å². The Kier molecular flexibility index (Phi) is 5.89. The Morgan fingerprint density at radius 3 is 3.16 bits per heavy atom. The molecule has 1 N–H and O–H groups in total. The summed E-state index contributed by atoms with van der Waals surface area (Å²) in [5.41, 5.74) is 1.12. The van der Waals surface area contributed by atoms with Crippen LogP contribution in [0.2, 0.25) is 5.02 Å². The van der Waals surface area contributed by atoms with Crippen molar-refractivity contribution in [1.29, 1.82) is 0 Å². The zero-order valence-electron chi connectivity index (χ0n) is 11.5. The van der Waals surface area contributed by atoms with Gasteiger partial charge in [0.1, 0.15) is 5.82 Å². The van der Waals surface area contributed by atoms with Crippen molar-refractivity contribution in [2.24, 2.45) is 0 Å². The van der Waals surface area contributed by atoms with Crippen molar-refractivity contribution < 1.29 is 4.74 Å². The van der Waals surface area contributed by atoms with Crippen LogP contribution in [0.3, 0.4) is 0 Å². The average molecular weight is 284 g/mol. The van der Waals surface area contributed by atoms with Crippen LogP contribution in [0.4, 0.5) is 5.82 Å². The predicted octanol–water partition coefficient (Wildman–Crippen LogP) is 2.46. The molecule has 5 heteroatoms. The molecular weight excluding hydrogens is 262 g/mol. The van der Waals surface area contributed by atoms with E-state index in [0.717, 1.165) is 68.6 Å². The molecule has 0 aromatic carbocycles. The SMILES string of the molecule is CCCNCc1cc(N2CCCOCC2)ncc1Cl. The molecule has 0 saturated carbocycles. The standard InChI is InChI=1S/C14H22ClN3O/c1-2-4-16-10-12-9-14(17-11-13(12)15)18-5-3-7-19-8-6-18/h9,11,16H,2-8,10H2,1H3. The summed E-state index contributed by atoms with van der Waals surface area (Å²) in [6.45, 7) is 7.47. The van der Waals surface area contributed by atoms with Gasteiger partial charge in [-0.05, 0) is 31.0 Å². The van der Waals surface area contributed by atoms with Crippen LogP contribution >= 0.6 is 11.6 Å². The van der Waals surface area contributed by atoms with E-state index in [-0.39, 0.29) is 0 Å². The summed E-state index contributed by atoms with van der Waals surface area (Å²) in [7, 11) is 0. The highest BCUT2D eigenvalue weighted by Gasteiger charge is 2.12. The third kappa shape index (κ3) is 4.34. The predicted molar refractivity (Wildman–Crippen MR) is 78.9 cm³/mol. The molecule has 0 unspecified atom stereocenters. The number of halogens is 1. The van der Waals surface area contributed by atoms with Crippen LogP contribution in [-0.4, -0.2) is 37.8 Å². The number of nitrogens with zero attached hydrogens (tertiary/aromatic N) is 2. The van der Waals surface area contributed by atoms with Crippen molar-refractivity contribution in [3.05, 3.63) is 22.8 Å². The molecule has 0 spiro atoms. The number of pyridine rings is 1. The molecular formula is C14H22ClN3O. The second-order valence-electron chi connectivity index (χ2n) is 4.76. The summed E-state index contributed by atoms with van der Waals surface area (Å²) in [4.78, 5) is 6.71. The third-order valence-electron chi connectivity index (χ3n) is 3.21. The van der Waals surface area contributed by atoms with Crippen LogP contribution in [-0.2, 0) is 11.3 Å². The van der Waals surface area contributed by atoms with E-state index in [4.69, 9.17) is 16.3 Å². The normalized spacial score (nSPS) is 16.4. The first kappa shape index (κ1) is 14.6. The van der Waals surface area contributed by atoms with Gasteiger partial charge in [-0.15, -0.1) is 0 Å². The minimum absolute atomic E-state index is 0.735. The molecule has 0 aliphatic carbocycles. The van der Waals surface area contributed by atoms with E-state index < -0.39 is 0 Å². The number of ether oxygens (including phenoxy) is 1. The molecule has 1 aromatic rings. The Hall–Kier alpha value is -0.840. The maximum Gasteiger partial charge on any atom is 0.128 e. The maximum absolute atomic E-state index is 6.20. The van der Waals surface area contributed by atoms with Gasteiger partial charge in [0, 0.05) is 32.4 Å². The van der Waals surface area contributed by atoms with Crippen molar-refractivity contribution in [2.45, 2.75) is 26.3 Å². The molecule has 4 nitrogen and oxygen atoms in total. The first-order valence-electron chi connectivity index (χ1n) is 6.99. The van der Waals surface area contributed by atoms with Crippen molar-refractivity contribution in [3.8, 4) is 0 Å². The molecule has 1 aromatic heterocycles. The highest BCUT2D eigenvalue weighted by molar-refractivity contribution is 6.31. The number of rotatable bonds is 5. The monoisotopic (exact) mass is 283 g/mol. The van der Waals surface area contributed by atoms with E-state index in [1.54, 1.807) is 6.20 Å². The van der Waals surface area contributed by atoms with Gasteiger partial charge in [-0.25, -0.2) is 4.98 Å². The van der Waals surface area contributed by atoms with Crippen LogP contribution in [0.1, 0.15) is 25.3 Å². The lowest BCUT2D eigenvalue weighted by atomic mass is 10.2. The van der Waals surface area contributed by atoms with Gasteiger partial charge in [0.05, 0.1) is 11.6 Å². The molecule has 106 valence electrons. The molecule has 0 amide bonds. The zero-order chi connectivity index (χ0) is 13.5. The fourth-order valence-electron chi connectivity index (χ4n) is 2.15. The van der Waals surface area contributed by atoms with Gasteiger partial charge < -0.3 is 15.0 Å². The Balaban J connectivity index is 2.05. The van der Waals surface area contributed by atoms with E-state index in [0.29, 0.717) is 0 Å². The Morgan fingerprint density at radius 1 is 1.42 bits per heavy atom. The van der Waals surface area contributed by atoms with Crippen LogP contribution in [0.25, 0.3) is 0 Å². The second-order valence-corrected chi connectivity index (χ2v) is 5.17. The first-order valence-corrected chi connectivity index (χ1v) is 7.37. The lowest BCUT2D eigenvalue weighted by Crippen LogP contribution is -2.27. The quantitative estimate of drug-likeness (QED) is 0.843. The van der Waals surface area contributed by atoms with Crippen LogP contribution in [0.5, 0.6) is 0 Å². The van der Waals surface area contributed by atoms with E-state index in [2.05, 4.69) is 28.2 Å². The van der Waals surface area contributed by atoms with E-state index in [9.17, 15) is 0 Å². The summed E-state index contributed by atoms with van der Waals surface area (Å²) in [5, 5.41) is 4.11. The van der Waals surface area contributed by atoms with Crippen molar-refractivity contribution in [2.75, 3.05) is 37.7 Å². The fraction of sp³-hybridized carbons (Fsp3) is 0.643. The minimum Gasteiger partial charge on any atom is -0.380 e. The lowest BCUT2D eigenvalue weighted by Gasteiger charge is -2.21. The van der Waals surface area contributed by atoms with Gasteiger partial charge in [0.2, 0.25) is 0 Å². The fourth-order valence-corrected chi connectivity index (χ4v) is 2.32. The van der Waals surface area contributed by atoms with Gasteiger partial charge in [0.15, 0.2) is 0 Å². The van der Waals surface area contributed by atoms with Crippen LogP contribution in [0.15, 0.2) is 12.3 Å². The second kappa shape index (κ2) is 7.68. The van der Waals surface area contributed by atoms with Gasteiger partial charge in [-0.3, -0.25) is 0 Å². The number of aromatic nitrogens is 1. The molecule has 1 saturated heterocycles. The van der Waals surface area contributed by atoms with Crippen molar-refractivity contribution in [3.63, 3.8) is 0 Å². The summed E-state index contributed by atoms with van der Waals surface area (Å²) in [6.07, 6.45) is 3.93. The highest BCUT2D eigenvalue weighted by Crippen LogP contribution is 2.21. The highest BCUT2D eigenvalue weighted by atomic mass is 35.5. The van der Waals surface area contributed by atoms with Crippen LogP contribution < -0.4 is 10.2 Å². The molecule has 2 heterocycles. The molecule has 19 heavy (non-hydrogen) atoms. The minimum atomic E-state index is 0.735. The number of anilines is 1. The van der Waals surface area contributed by atoms with Gasteiger partial charge in [-0.2, -0.15) is 0 Å². The Morgan fingerprint density at radius 2 is 2.32 bits per heavy atom. The zero-order valence-corrected chi connectivity index (χ0v) is 12.2. The Labute approximate surface area is 120 Å². The van der Waals surface area contributed by atoms with Gasteiger partial charge in [0.25, 0.3) is 0 Å². The van der Waals surface area contributed by atoms with Crippen molar-refractivity contribution in [1.82, 2.24) is 10.3 Å². The van der Waals surface area contributed by atoms with Crippen LogP contribution in [0, 0.1) is 0 Å². The number of hydrogen-bond donors (Lipinski definition) is 1. The van der Waals surface area contributed by atoms with Gasteiger partial charge in [-0.1, -0.05) is 18.5 Å². The molecule has 0 radical (unpaired) electrons. The summed E-state index contributed by atoms with van der Waals surface area (Å²) in [6, 6.07) is 2.09. The lowest BCUT2D eigenvalue weighted by molar-refractivity contribution is 0.152. The van der Waals surface area contributed by atoms with Crippen molar-refractivity contribution >= 4 is 17.4 Å². The van der Waals surface area contributed by atoms with E-state index in [1.165, 1.54) is 0 Å². The van der Waals surface area contributed by atoms with E-state index >= 15 is 0 Å². The molecule has 0 atom stereocenters. The molecule has 0 bridgehead atoms. The third-order valence-corrected chi connectivity index (χ3v) is 3.55. The first-order chi connectivity index (χ1) is 9.31. The molecule has 1 fully saturated rings. The summed E-state index contributed by atoms with van der Waals surface area (Å²) >= 11 is 6.20. The largest absolute Gasteiger partial charge is 0.380 e. The molecule has 1 aliphatic heterocycles. The molecule has 2 rings (SSSR count). The van der Waals surface area contributed by atoms with Gasteiger partial charge >= 0.3 is 0 Å². The summed E-state index contributed by atoms with van der Waals surface area (Å²) in [5.74, 6) is 1.00. The Bertz CT molecular complexity index is 392.